The fourth-order valence-corrected chi connectivity index (χ4v) is 6.25. The number of aliphatic hydroxyl groups is 1. The van der Waals surface area contributed by atoms with Gasteiger partial charge >= 0.3 is 0 Å². The predicted octanol–water partition coefficient (Wildman–Crippen LogP) is 11.6. The Morgan fingerprint density at radius 3 is 1.06 bits per heavy atom. The van der Waals surface area contributed by atoms with Crippen LogP contribution in [0.1, 0.15) is 194 Å². The molecule has 0 aromatic heterocycles. The average Bonchev–Trinajstić information content (AvgIpc) is 3.13. The molecule has 318 valence electrons. The molecule has 9 heteroatoms. The summed E-state index contributed by atoms with van der Waals surface area (Å²) in [4.78, 5) is 0. The number of quaternary nitrogens is 1. The van der Waals surface area contributed by atoms with E-state index in [4.69, 9.17) is 9.47 Å². The van der Waals surface area contributed by atoms with Gasteiger partial charge in [-0.3, -0.25) is 4.18 Å². The molecule has 0 bridgehead atoms. The maximum atomic E-state index is 9.61. The lowest BCUT2D eigenvalue weighted by atomic mass is 10.1. The highest BCUT2D eigenvalue weighted by Crippen LogP contribution is 2.12. The minimum Gasteiger partial charge on any atom is -0.726 e. The molecule has 0 aliphatic rings. The van der Waals surface area contributed by atoms with Crippen molar-refractivity contribution in [2.45, 2.75) is 194 Å². The average molecular weight is 776 g/mol. The third kappa shape index (κ3) is 49.2. The highest BCUT2D eigenvalue weighted by atomic mass is 32.3. The van der Waals surface area contributed by atoms with Crippen molar-refractivity contribution >= 4 is 10.4 Å². The van der Waals surface area contributed by atoms with E-state index in [1.165, 1.54) is 180 Å². The second-order valence-corrected chi connectivity index (χ2v) is 16.3. The summed E-state index contributed by atoms with van der Waals surface area (Å²) in [5, 5.41) is 9.61. The van der Waals surface area contributed by atoms with E-state index >= 15 is 0 Å². The first-order valence-corrected chi connectivity index (χ1v) is 23.5. The van der Waals surface area contributed by atoms with Gasteiger partial charge in [0.05, 0.1) is 34.0 Å². The van der Waals surface area contributed by atoms with Gasteiger partial charge < -0.3 is 23.6 Å². The summed E-state index contributed by atoms with van der Waals surface area (Å²) in [6.07, 6.45) is 47.1. The van der Waals surface area contributed by atoms with Crippen molar-refractivity contribution in [3.05, 3.63) is 24.3 Å². The topological polar surface area (TPSA) is 105 Å². The minimum absolute atomic E-state index is 0.223. The molecule has 0 fully saturated rings. The molecule has 0 unspecified atom stereocenters. The Kier molecular flexibility index (Phi) is 45.0. The van der Waals surface area contributed by atoms with Crippen LogP contribution in [0.5, 0.6) is 0 Å². The number of hydrogen-bond acceptors (Lipinski definition) is 7. The monoisotopic (exact) mass is 776 g/mol. The molecule has 1 N–H and O–H groups in total. The molecular weight excluding hydrogens is 687 g/mol. The number of nitrogens with zero attached hydrogens (tertiary/aromatic N) is 1. The zero-order chi connectivity index (χ0) is 39.4. The van der Waals surface area contributed by atoms with Crippen LogP contribution < -0.4 is 0 Å². The SMILES string of the molecule is CCCCCCCCC=CCCCCCCCCOCC[N+](C)(CCO)CCOCCCCCCCCC=CCCCCCCCC.COS(=O)(=O)[O-]. The van der Waals surface area contributed by atoms with Gasteiger partial charge in [-0.15, -0.1) is 0 Å². The first kappa shape index (κ1) is 54.3. The van der Waals surface area contributed by atoms with E-state index in [9.17, 15) is 18.1 Å². The van der Waals surface area contributed by atoms with Crippen molar-refractivity contribution in [2.75, 3.05) is 66.8 Å². The molecule has 8 nitrogen and oxygen atoms in total. The minimum atomic E-state index is -4.41. The van der Waals surface area contributed by atoms with E-state index in [1.807, 2.05) is 0 Å². The van der Waals surface area contributed by atoms with Crippen LogP contribution in [0.2, 0.25) is 0 Å². The lowest BCUT2D eigenvalue weighted by molar-refractivity contribution is -0.910. The molecule has 53 heavy (non-hydrogen) atoms. The molecule has 0 spiro atoms. The van der Waals surface area contributed by atoms with E-state index < -0.39 is 10.4 Å². The molecule has 0 heterocycles. The van der Waals surface area contributed by atoms with Crippen molar-refractivity contribution < 1.29 is 36.2 Å². The van der Waals surface area contributed by atoms with Crippen LogP contribution in [0.25, 0.3) is 0 Å². The van der Waals surface area contributed by atoms with Crippen LogP contribution in [0.4, 0.5) is 0 Å². The molecule has 0 aliphatic heterocycles. The first-order chi connectivity index (χ1) is 25.7. The van der Waals surface area contributed by atoms with Gasteiger partial charge in [0, 0.05) is 13.2 Å². The van der Waals surface area contributed by atoms with Gasteiger partial charge in [0.2, 0.25) is 10.4 Å². The second kappa shape index (κ2) is 43.9. The number of allylic oxidation sites excluding steroid dienone is 4. The Bertz CT molecular complexity index is 818. The summed E-state index contributed by atoms with van der Waals surface area (Å²) in [5.74, 6) is 0. The lowest BCUT2D eigenvalue weighted by Gasteiger charge is -2.33. The van der Waals surface area contributed by atoms with E-state index in [0.717, 1.165) is 57.7 Å². The highest BCUT2D eigenvalue weighted by molar-refractivity contribution is 7.80. The molecular formula is C44H89NO7S. The van der Waals surface area contributed by atoms with E-state index in [1.54, 1.807) is 0 Å². The first-order valence-electron chi connectivity index (χ1n) is 22.2. The summed E-state index contributed by atoms with van der Waals surface area (Å²) >= 11 is 0. The van der Waals surface area contributed by atoms with Crippen LogP contribution in [0.15, 0.2) is 24.3 Å². The Balaban J connectivity index is 0. The summed E-state index contributed by atoms with van der Waals surface area (Å²) in [6.45, 7) is 10.7. The third-order valence-corrected chi connectivity index (χ3v) is 10.4. The van der Waals surface area contributed by atoms with Gasteiger partial charge in [-0.05, 0) is 64.2 Å². The smallest absolute Gasteiger partial charge is 0.217 e. The molecule has 0 aromatic rings. The van der Waals surface area contributed by atoms with Gasteiger partial charge in [0.25, 0.3) is 0 Å². The van der Waals surface area contributed by atoms with Gasteiger partial charge in [0.15, 0.2) is 0 Å². The number of likely N-dealkylation sites (N-methyl/N-ethyl adjacent to an activating group) is 1. The van der Waals surface area contributed by atoms with Crippen LogP contribution in [-0.2, 0) is 24.1 Å². The van der Waals surface area contributed by atoms with Crippen molar-refractivity contribution in [3.8, 4) is 0 Å². The summed E-state index contributed by atoms with van der Waals surface area (Å²) in [6, 6.07) is 0. The Labute approximate surface area is 330 Å². The molecule has 0 amide bonds. The molecule has 0 rings (SSSR count). The van der Waals surface area contributed by atoms with E-state index in [0.29, 0.717) is 0 Å². The van der Waals surface area contributed by atoms with Crippen molar-refractivity contribution in [3.63, 3.8) is 0 Å². The fraction of sp³-hybridized carbons (Fsp3) is 0.909. The fourth-order valence-electron chi connectivity index (χ4n) is 6.25. The Morgan fingerprint density at radius 2 is 0.774 bits per heavy atom. The molecule has 0 atom stereocenters. The Morgan fingerprint density at radius 1 is 0.491 bits per heavy atom. The number of hydrogen-bond donors (Lipinski definition) is 1. The molecule has 0 radical (unpaired) electrons. The predicted molar refractivity (Wildman–Crippen MR) is 225 cm³/mol. The molecule has 0 saturated carbocycles. The Hall–Kier alpha value is -0.810. The number of aliphatic hydroxyl groups excluding tert-OH is 1. The van der Waals surface area contributed by atoms with E-state index in [-0.39, 0.29) is 6.61 Å². The summed E-state index contributed by atoms with van der Waals surface area (Å²) in [5.41, 5.74) is 0. The molecule has 0 saturated heterocycles. The van der Waals surface area contributed by atoms with Crippen LogP contribution in [-0.4, -0.2) is 89.4 Å². The standard InChI is InChI=1S/C43H86NO3.CH4O4S/c1-4-6-8-10-12-14-16-18-20-22-24-26-28-30-32-34-40-46-42-37-44(3,36-39-45)38-43-47-41-35-33-31-29-27-25-23-21-19-17-15-13-11-9-7-5-2;1-5-6(2,3)4/h18-21,45H,4-17,22-43H2,1-3H3;1H3,(H,2,3,4)/q+1;/p-1. The van der Waals surface area contributed by atoms with Gasteiger partial charge in [-0.2, -0.15) is 0 Å². The number of ether oxygens (including phenoxy) is 2. The summed E-state index contributed by atoms with van der Waals surface area (Å²) in [7, 11) is -1.37. The maximum Gasteiger partial charge on any atom is 0.217 e. The zero-order valence-corrected chi connectivity index (χ0v) is 36.3. The van der Waals surface area contributed by atoms with Gasteiger partial charge in [-0.25, -0.2) is 8.42 Å². The number of rotatable bonds is 41. The number of unbranched alkanes of at least 4 members (excludes halogenated alkanes) is 24. The summed E-state index contributed by atoms with van der Waals surface area (Å²) < 4.78 is 43.8. The highest BCUT2D eigenvalue weighted by Gasteiger charge is 2.20. The zero-order valence-electron chi connectivity index (χ0n) is 35.5. The third-order valence-electron chi connectivity index (χ3n) is 10.00. The van der Waals surface area contributed by atoms with E-state index in [2.05, 4.69) is 49.4 Å². The molecule has 0 aliphatic carbocycles. The maximum absolute atomic E-state index is 9.61. The second-order valence-electron chi connectivity index (χ2n) is 15.2. The van der Waals surface area contributed by atoms with Crippen LogP contribution in [0.3, 0.4) is 0 Å². The quantitative estimate of drug-likeness (QED) is 0.0217. The van der Waals surface area contributed by atoms with Crippen molar-refractivity contribution in [1.82, 2.24) is 0 Å². The van der Waals surface area contributed by atoms with Gasteiger partial charge in [-0.1, -0.05) is 154 Å². The molecule has 0 aromatic carbocycles. The normalized spacial score (nSPS) is 13.2. The lowest BCUT2D eigenvalue weighted by Crippen LogP contribution is -2.50. The van der Waals surface area contributed by atoms with Crippen LogP contribution in [0, 0.1) is 0 Å². The van der Waals surface area contributed by atoms with Crippen molar-refractivity contribution in [2.24, 2.45) is 0 Å². The van der Waals surface area contributed by atoms with Gasteiger partial charge in [0.1, 0.15) is 19.6 Å². The van der Waals surface area contributed by atoms with Crippen LogP contribution >= 0.6 is 0 Å². The largest absolute Gasteiger partial charge is 0.726 e. The van der Waals surface area contributed by atoms with Crippen molar-refractivity contribution in [1.29, 1.82) is 0 Å².